The zero-order valence-corrected chi connectivity index (χ0v) is 9.91. The summed E-state index contributed by atoms with van der Waals surface area (Å²) in [7, 11) is 1.48. The maximum atomic E-state index is 10.8. The predicted octanol–water partition coefficient (Wildman–Crippen LogP) is 2.35. The van der Waals surface area contributed by atoms with Crippen LogP contribution in [0.5, 0.6) is 11.5 Å². The van der Waals surface area contributed by atoms with Gasteiger partial charge in [0.15, 0.2) is 0 Å². The van der Waals surface area contributed by atoms with Crippen molar-refractivity contribution in [1.29, 1.82) is 0 Å². The number of hydrogen-bond acceptors (Lipinski definition) is 3. The van der Waals surface area contributed by atoms with Gasteiger partial charge in [0.25, 0.3) is 0 Å². The Balaban J connectivity index is 3.27. The van der Waals surface area contributed by atoms with E-state index in [2.05, 4.69) is 15.9 Å². The molecule has 0 fully saturated rings. The second-order valence-electron chi connectivity index (χ2n) is 3.11. The van der Waals surface area contributed by atoms with Crippen molar-refractivity contribution in [3.8, 4) is 11.5 Å². The van der Waals surface area contributed by atoms with Crippen LogP contribution >= 0.6 is 15.9 Å². The van der Waals surface area contributed by atoms with Gasteiger partial charge >= 0.3 is 5.97 Å². The maximum absolute atomic E-state index is 10.8. The summed E-state index contributed by atoms with van der Waals surface area (Å²) in [6.45, 7) is 1.50. The number of benzene rings is 1. The number of aliphatic carboxylic acids is 1. The van der Waals surface area contributed by atoms with Gasteiger partial charge in [-0.15, -0.1) is 0 Å². The van der Waals surface area contributed by atoms with Crippen molar-refractivity contribution in [2.24, 2.45) is 0 Å². The normalized spacial score (nSPS) is 12.2. The Bertz CT molecular complexity index is 389. The van der Waals surface area contributed by atoms with Crippen LogP contribution in [0, 0.1) is 0 Å². The van der Waals surface area contributed by atoms with E-state index in [-0.39, 0.29) is 5.75 Å². The summed E-state index contributed by atoms with van der Waals surface area (Å²) < 4.78 is 5.41. The van der Waals surface area contributed by atoms with Crippen LogP contribution in [0.25, 0.3) is 0 Å². The monoisotopic (exact) mass is 274 g/mol. The Hall–Kier alpha value is -1.23. The highest BCUT2D eigenvalue weighted by molar-refractivity contribution is 9.10. The number of carbonyl (C=O) groups is 1. The van der Waals surface area contributed by atoms with Crippen molar-refractivity contribution in [3.63, 3.8) is 0 Å². The van der Waals surface area contributed by atoms with Gasteiger partial charge in [-0.25, -0.2) is 0 Å². The van der Waals surface area contributed by atoms with Crippen LogP contribution in [-0.4, -0.2) is 23.3 Å². The molecule has 0 spiro atoms. The minimum absolute atomic E-state index is 0.0642. The molecule has 1 aromatic rings. The zero-order chi connectivity index (χ0) is 11.6. The Morgan fingerprint density at radius 2 is 2.13 bits per heavy atom. The van der Waals surface area contributed by atoms with Gasteiger partial charge in [0.1, 0.15) is 11.5 Å². The third-order valence-corrected chi connectivity index (χ3v) is 2.74. The number of aromatic hydroxyl groups is 1. The zero-order valence-electron chi connectivity index (χ0n) is 8.32. The summed E-state index contributed by atoms with van der Waals surface area (Å²) in [5.74, 6) is -1.34. The first-order valence-corrected chi connectivity index (χ1v) is 5.06. The number of phenolic OH excluding ortho intramolecular Hbond substituents is 1. The first kappa shape index (κ1) is 11.8. The molecule has 0 bridgehead atoms. The van der Waals surface area contributed by atoms with E-state index in [0.29, 0.717) is 15.8 Å². The summed E-state index contributed by atoms with van der Waals surface area (Å²) in [4.78, 5) is 10.8. The van der Waals surface area contributed by atoms with E-state index in [4.69, 9.17) is 9.84 Å². The molecule has 2 N–H and O–H groups in total. The van der Waals surface area contributed by atoms with Crippen molar-refractivity contribution >= 4 is 21.9 Å². The van der Waals surface area contributed by atoms with E-state index < -0.39 is 11.9 Å². The third-order valence-electron chi connectivity index (χ3n) is 2.14. The van der Waals surface area contributed by atoms with Crippen molar-refractivity contribution in [3.05, 3.63) is 22.2 Å². The van der Waals surface area contributed by atoms with Crippen molar-refractivity contribution in [1.82, 2.24) is 0 Å². The Labute approximate surface area is 95.6 Å². The topological polar surface area (TPSA) is 66.8 Å². The van der Waals surface area contributed by atoms with Crippen LogP contribution < -0.4 is 4.74 Å². The lowest BCUT2D eigenvalue weighted by Crippen LogP contribution is -2.08. The van der Waals surface area contributed by atoms with E-state index in [0.717, 1.165) is 0 Å². The average molecular weight is 275 g/mol. The van der Waals surface area contributed by atoms with Gasteiger partial charge in [-0.1, -0.05) is 0 Å². The fourth-order valence-corrected chi connectivity index (χ4v) is 1.63. The third kappa shape index (κ3) is 2.41. The smallest absolute Gasteiger partial charge is 0.310 e. The van der Waals surface area contributed by atoms with Crippen molar-refractivity contribution in [2.75, 3.05) is 7.11 Å². The van der Waals surface area contributed by atoms with Gasteiger partial charge in [-0.05, 0) is 35.0 Å². The Morgan fingerprint density at radius 3 is 2.60 bits per heavy atom. The number of ether oxygens (including phenoxy) is 1. The van der Waals surface area contributed by atoms with Crippen molar-refractivity contribution in [2.45, 2.75) is 12.8 Å². The molecule has 82 valence electrons. The quantitative estimate of drug-likeness (QED) is 0.888. The number of halogens is 1. The van der Waals surface area contributed by atoms with Crippen LogP contribution in [0.15, 0.2) is 16.6 Å². The molecule has 0 radical (unpaired) electrons. The minimum atomic E-state index is -0.995. The summed E-state index contributed by atoms with van der Waals surface area (Å²) in [6, 6.07) is 3.09. The number of carboxylic acid groups (broad SMARTS) is 1. The summed E-state index contributed by atoms with van der Waals surface area (Å²) >= 11 is 3.13. The highest BCUT2D eigenvalue weighted by atomic mass is 79.9. The number of rotatable bonds is 3. The highest BCUT2D eigenvalue weighted by Crippen LogP contribution is 2.36. The number of methoxy groups -OCH3 is 1. The van der Waals surface area contributed by atoms with Gasteiger partial charge in [0.2, 0.25) is 0 Å². The van der Waals surface area contributed by atoms with E-state index in [1.54, 1.807) is 6.07 Å². The minimum Gasteiger partial charge on any atom is -0.506 e. The Morgan fingerprint density at radius 1 is 1.53 bits per heavy atom. The van der Waals surface area contributed by atoms with Crippen LogP contribution in [0.4, 0.5) is 0 Å². The highest BCUT2D eigenvalue weighted by Gasteiger charge is 2.20. The van der Waals surface area contributed by atoms with Gasteiger partial charge in [-0.2, -0.15) is 0 Å². The van der Waals surface area contributed by atoms with Crippen LogP contribution in [0.2, 0.25) is 0 Å². The molecule has 1 atom stereocenters. The molecule has 0 amide bonds. The first-order chi connectivity index (χ1) is 6.97. The lowest BCUT2D eigenvalue weighted by molar-refractivity contribution is -0.138. The number of phenols is 1. The lowest BCUT2D eigenvalue weighted by Gasteiger charge is -2.12. The predicted molar refractivity (Wildman–Crippen MR) is 58.4 cm³/mol. The molecule has 5 heteroatoms. The molecular formula is C10H11BrO4. The fraction of sp³-hybridized carbons (Fsp3) is 0.300. The molecule has 1 aromatic carbocycles. The summed E-state index contributed by atoms with van der Waals surface area (Å²) in [5, 5.41) is 18.5. The molecule has 1 unspecified atom stereocenters. The van der Waals surface area contributed by atoms with E-state index in [1.165, 1.54) is 20.1 Å². The number of hydrogen-bond donors (Lipinski definition) is 2. The summed E-state index contributed by atoms with van der Waals surface area (Å²) in [5.41, 5.74) is 0.328. The molecule has 0 saturated heterocycles. The summed E-state index contributed by atoms with van der Waals surface area (Å²) in [6.07, 6.45) is 0. The molecule has 0 aromatic heterocycles. The standard InChI is InChI=1S/C10H11BrO4/c1-5(10(13)14)7-3-6(15-2)4-8(11)9(7)12/h3-5,12H,1-2H3,(H,13,14). The first-order valence-electron chi connectivity index (χ1n) is 4.26. The second kappa shape index (κ2) is 4.53. The number of carboxylic acids is 1. The van der Waals surface area contributed by atoms with Gasteiger partial charge in [0, 0.05) is 5.56 Å². The molecule has 0 aliphatic rings. The molecule has 0 heterocycles. The van der Waals surface area contributed by atoms with Gasteiger partial charge in [-0.3, -0.25) is 4.79 Å². The van der Waals surface area contributed by atoms with E-state index in [1.807, 2.05) is 0 Å². The van der Waals surface area contributed by atoms with Crippen LogP contribution in [0.1, 0.15) is 18.4 Å². The van der Waals surface area contributed by atoms with E-state index >= 15 is 0 Å². The Kier molecular flexibility index (Phi) is 3.57. The average Bonchev–Trinajstić information content (AvgIpc) is 2.20. The molecule has 4 nitrogen and oxygen atoms in total. The van der Waals surface area contributed by atoms with E-state index in [9.17, 15) is 9.90 Å². The molecule has 15 heavy (non-hydrogen) atoms. The van der Waals surface area contributed by atoms with Gasteiger partial charge < -0.3 is 14.9 Å². The van der Waals surface area contributed by atoms with Gasteiger partial charge in [0.05, 0.1) is 17.5 Å². The molecule has 0 aliphatic carbocycles. The fourth-order valence-electron chi connectivity index (χ4n) is 1.18. The second-order valence-corrected chi connectivity index (χ2v) is 3.96. The van der Waals surface area contributed by atoms with Crippen molar-refractivity contribution < 1.29 is 19.7 Å². The largest absolute Gasteiger partial charge is 0.506 e. The van der Waals surface area contributed by atoms with Crippen LogP contribution in [0.3, 0.4) is 0 Å². The van der Waals surface area contributed by atoms with Crippen LogP contribution in [-0.2, 0) is 4.79 Å². The molecule has 0 saturated carbocycles. The maximum Gasteiger partial charge on any atom is 0.310 e. The molecular weight excluding hydrogens is 264 g/mol. The lowest BCUT2D eigenvalue weighted by atomic mass is 10.00. The molecule has 1 rings (SSSR count). The molecule has 0 aliphatic heterocycles. The SMILES string of the molecule is COc1cc(Br)c(O)c(C(C)C(=O)O)c1.